The second-order valence-electron chi connectivity index (χ2n) is 5.65. The van der Waals surface area contributed by atoms with E-state index in [1.165, 1.54) is 51.4 Å². The maximum Gasteiger partial charge on any atom is -0.0112 e. The Balaban J connectivity index is 2.09. The minimum absolute atomic E-state index is 0.649. The lowest BCUT2D eigenvalue weighted by Crippen LogP contribution is -2.13. The van der Waals surface area contributed by atoms with Crippen LogP contribution in [0.15, 0.2) is 11.6 Å². The molecule has 0 heterocycles. The van der Waals surface area contributed by atoms with E-state index in [1.807, 2.05) is 0 Å². The van der Waals surface area contributed by atoms with Crippen LogP contribution in [0.1, 0.15) is 65.2 Å². The summed E-state index contributed by atoms with van der Waals surface area (Å²) in [5.74, 6) is 0.789. The van der Waals surface area contributed by atoms with E-state index in [0.29, 0.717) is 5.41 Å². The van der Waals surface area contributed by atoms with Crippen molar-refractivity contribution in [2.75, 3.05) is 0 Å². The van der Waals surface area contributed by atoms with E-state index in [9.17, 15) is 0 Å². The summed E-state index contributed by atoms with van der Waals surface area (Å²) >= 11 is 0. The second-order valence-corrected chi connectivity index (χ2v) is 5.65. The number of rotatable bonds is 1. The number of hydrogen-bond acceptors (Lipinski definition) is 0. The summed E-state index contributed by atoms with van der Waals surface area (Å²) in [5.41, 5.74) is 2.39. The minimum Gasteiger partial charge on any atom is -0.0788 e. The van der Waals surface area contributed by atoms with Crippen molar-refractivity contribution >= 4 is 0 Å². The van der Waals surface area contributed by atoms with E-state index in [0.717, 1.165) is 5.92 Å². The molecule has 2 aliphatic carbocycles. The van der Waals surface area contributed by atoms with Gasteiger partial charge in [-0.2, -0.15) is 0 Å². The quantitative estimate of drug-likeness (QED) is 0.528. The molecule has 0 saturated heterocycles. The number of hydrogen-bond donors (Lipinski definition) is 0. The Morgan fingerprint density at radius 3 is 2.14 bits per heavy atom. The Kier molecular flexibility index (Phi) is 2.99. The zero-order valence-electron chi connectivity index (χ0n) is 9.81. The fourth-order valence-electron chi connectivity index (χ4n) is 3.21. The van der Waals surface area contributed by atoms with Crippen LogP contribution in [-0.2, 0) is 0 Å². The van der Waals surface area contributed by atoms with Gasteiger partial charge in [-0.05, 0) is 37.0 Å². The van der Waals surface area contributed by atoms with Gasteiger partial charge in [-0.25, -0.2) is 0 Å². The van der Waals surface area contributed by atoms with Crippen LogP contribution in [-0.4, -0.2) is 0 Å². The smallest absolute Gasteiger partial charge is 0.0112 e. The van der Waals surface area contributed by atoms with Gasteiger partial charge in [0.1, 0.15) is 0 Å². The molecule has 0 aromatic rings. The molecule has 2 rings (SSSR count). The van der Waals surface area contributed by atoms with Crippen molar-refractivity contribution in [2.24, 2.45) is 11.3 Å². The first-order valence-electron chi connectivity index (χ1n) is 6.43. The lowest BCUT2D eigenvalue weighted by atomic mass is 9.80. The molecule has 0 bridgehead atoms. The Morgan fingerprint density at radius 2 is 1.64 bits per heavy atom. The van der Waals surface area contributed by atoms with Crippen molar-refractivity contribution in [2.45, 2.75) is 65.2 Å². The van der Waals surface area contributed by atoms with Crippen molar-refractivity contribution in [3.05, 3.63) is 11.6 Å². The van der Waals surface area contributed by atoms with Gasteiger partial charge in [-0.3, -0.25) is 0 Å². The van der Waals surface area contributed by atoms with Crippen LogP contribution in [0.2, 0.25) is 0 Å². The van der Waals surface area contributed by atoms with Crippen LogP contribution in [0.4, 0.5) is 0 Å². The Labute approximate surface area is 88.8 Å². The number of allylic oxidation sites excluding steroid dienone is 2. The van der Waals surface area contributed by atoms with Crippen LogP contribution in [0.3, 0.4) is 0 Å². The topological polar surface area (TPSA) is 0 Å². The van der Waals surface area contributed by atoms with Crippen LogP contribution in [0.25, 0.3) is 0 Å². The molecule has 14 heavy (non-hydrogen) atoms. The molecule has 1 spiro atoms. The molecule has 0 amide bonds. The van der Waals surface area contributed by atoms with Gasteiger partial charge in [0.2, 0.25) is 0 Å². The summed E-state index contributed by atoms with van der Waals surface area (Å²) in [7, 11) is 0. The molecule has 0 aromatic carbocycles. The zero-order valence-corrected chi connectivity index (χ0v) is 9.81. The van der Waals surface area contributed by atoms with Gasteiger partial charge in [-0.15, -0.1) is 0 Å². The van der Waals surface area contributed by atoms with Gasteiger partial charge < -0.3 is 0 Å². The van der Waals surface area contributed by atoms with E-state index >= 15 is 0 Å². The summed E-state index contributed by atoms with van der Waals surface area (Å²) in [4.78, 5) is 0. The summed E-state index contributed by atoms with van der Waals surface area (Å²) in [6.07, 6.45) is 14.4. The van der Waals surface area contributed by atoms with Crippen molar-refractivity contribution < 1.29 is 0 Å². The summed E-state index contributed by atoms with van der Waals surface area (Å²) in [6.45, 7) is 4.70. The maximum atomic E-state index is 2.67. The zero-order chi connectivity index (χ0) is 10.0. The maximum absolute atomic E-state index is 2.67. The van der Waals surface area contributed by atoms with Gasteiger partial charge in [0.15, 0.2) is 0 Å². The Bertz CT molecular complexity index is 214. The molecule has 80 valence electrons. The fourth-order valence-corrected chi connectivity index (χ4v) is 3.21. The van der Waals surface area contributed by atoms with Gasteiger partial charge in [0.05, 0.1) is 0 Å². The first-order valence-corrected chi connectivity index (χ1v) is 6.43. The predicted octanol–water partition coefficient (Wildman–Crippen LogP) is 4.70. The van der Waals surface area contributed by atoms with Crippen LogP contribution in [0.5, 0.6) is 0 Å². The highest BCUT2D eigenvalue weighted by molar-refractivity contribution is 5.18. The monoisotopic (exact) mass is 192 g/mol. The van der Waals surface area contributed by atoms with Gasteiger partial charge in [0, 0.05) is 0 Å². The fraction of sp³-hybridized carbons (Fsp3) is 0.857. The summed E-state index contributed by atoms with van der Waals surface area (Å²) in [6, 6.07) is 0. The average molecular weight is 192 g/mol. The van der Waals surface area contributed by atoms with Crippen molar-refractivity contribution in [1.29, 1.82) is 0 Å². The SMILES string of the molecule is CC(C)C1=CC2(CCCCCC2)CC1. The average Bonchev–Trinajstić information content (AvgIpc) is 2.41. The highest BCUT2D eigenvalue weighted by atomic mass is 14.4. The standard InChI is InChI=1S/C14H24/c1-12(2)13-7-10-14(11-13)8-5-3-4-6-9-14/h11-12H,3-10H2,1-2H3. The van der Waals surface area contributed by atoms with Crippen molar-refractivity contribution in [3.63, 3.8) is 0 Å². The molecule has 0 aliphatic heterocycles. The Morgan fingerprint density at radius 1 is 1.00 bits per heavy atom. The molecule has 0 radical (unpaired) electrons. The van der Waals surface area contributed by atoms with E-state index in [4.69, 9.17) is 0 Å². The molecule has 0 N–H and O–H groups in total. The van der Waals surface area contributed by atoms with Gasteiger partial charge in [0.25, 0.3) is 0 Å². The van der Waals surface area contributed by atoms with Crippen molar-refractivity contribution in [3.8, 4) is 0 Å². The molecule has 2 aliphatic rings. The summed E-state index contributed by atoms with van der Waals surface area (Å²) in [5, 5.41) is 0. The van der Waals surface area contributed by atoms with E-state index in [-0.39, 0.29) is 0 Å². The minimum atomic E-state index is 0.649. The van der Waals surface area contributed by atoms with Crippen LogP contribution >= 0.6 is 0 Å². The molecule has 0 aromatic heterocycles. The first-order chi connectivity index (χ1) is 6.72. The third-order valence-corrected chi connectivity index (χ3v) is 4.24. The van der Waals surface area contributed by atoms with E-state index in [2.05, 4.69) is 19.9 Å². The predicted molar refractivity (Wildman–Crippen MR) is 62.3 cm³/mol. The van der Waals surface area contributed by atoms with E-state index < -0.39 is 0 Å². The molecule has 1 fully saturated rings. The molecule has 1 saturated carbocycles. The molecular formula is C14H24. The van der Waals surface area contributed by atoms with Crippen LogP contribution < -0.4 is 0 Å². The van der Waals surface area contributed by atoms with Gasteiger partial charge in [-0.1, -0.05) is 51.2 Å². The normalized spacial score (nSPS) is 26.6. The van der Waals surface area contributed by atoms with E-state index in [1.54, 1.807) is 5.57 Å². The third kappa shape index (κ3) is 2.04. The van der Waals surface area contributed by atoms with Gasteiger partial charge >= 0.3 is 0 Å². The largest absolute Gasteiger partial charge is 0.0788 e. The lowest BCUT2D eigenvalue weighted by molar-refractivity contribution is 0.323. The van der Waals surface area contributed by atoms with Crippen LogP contribution in [0, 0.1) is 11.3 Å². The van der Waals surface area contributed by atoms with Crippen molar-refractivity contribution in [1.82, 2.24) is 0 Å². The molecule has 0 atom stereocenters. The summed E-state index contributed by atoms with van der Waals surface area (Å²) < 4.78 is 0. The second kappa shape index (κ2) is 4.08. The molecule has 0 unspecified atom stereocenters. The lowest BCUT2D eigenvalue weighted by Gasteiger charge is -2.25. The molecule has 0 nitrogen and oxygen atoms in total. The Hall–Kier alpha value is -0.260. The third-order valence-electron chi connectivity index (χ3n) is 4.24. The molecular weight excluding hydrogens is 168 g/mol. The highest BCUT2D eigenvalue weighted by Crippen LogP contribution is 2.47. The molecule has 0 heteroatoms. The highest BCUT2D eigenvalue weighted by Gasteiger charge is 2.33. The first kappa shape index (κ1) is 10.3.